The molecule has 0 fully saturated rings. The third-order valence-corrected chi connectivity index (χ3v) is 6.06. The number of nitrogens with zero attached hydrogens (tertiary/aromatic N) is 1. The Hall–Kier alpha value is -3.73. The van der Waals surface area contributed by atoms with Gasteiger partial charge in [-0.2, -0.15) is 5.10 Å². The van der Waals surface area contributed by atoms with Crippen LogP contribution < -0.4 is 15.2 Å². The van der Waals surface area contributed by atoms with Gasteiger partial charge in [0.25, 0.3) is 5.91 Å². The van der Waals surface area contributed by atoms with Crippen molar-refractivity contribution in [2.24, 2.45) is 5.14 Å². The highest BCUT2D eigenvalue weighted by Gasteiger charge is 2.22. The van der Waals surface area contributed by atoms with Crippen molar-refractivity contribution in [3.63, 3.8) is 0 Å². The molecule has 10 heteroatoms. The highest BCUT2D eigenvalue weighted by molar-refractivity contribution is 7.89. The van der Waals surface area contributed by atoms with Crippen molar-refractivity contribution in [3.05, 3.63) is 72.3 Å². The van der Waals surface area contributed by atoms with Crippen LogP contribution in [-0.2, 0) is 19.6 Å². The molecule has 33 heavy (non-hydrogen) atoms. The van der Waals surface area contributed by atoms with Crippen molar-refractivity contribution in [1.29, 1.82) is 0 Å². The first-order valence-electron chi connectivity index (χ1n) is 9.89. The Morgan fingerprint density at radius 3 is 2.48 bits per heavy atom. The van der Waals surface area contributed by atoms with Gasteiger partial charge in [-0.05, 0) is 23.8 Å². The van der Waals surface area contributed by atoms with Crippen LogP contribution in [0, 0.1) is 0 Å². The topological polar surface area (TPSA) is 136 Å². The number of fused-ring (bicyclic) bond motifs is 1. The Bertz CT molecular complexity index is 1420. The van der Waals surface area contributed by atoms with Crippen molar-refractivity contribution >= 4 is 32.5 Å². The predicted octanol–water partition coefficient (Wildman–Crippen LogP) is 3.21. The SMILES string of the molecule is COc1cc2[nH]nc(-c3cccc(S(N)(=O)=O)c3)c2cc1NC(=O)[C@H](OC)c1ccccc1. The van der Waals surface area contributed by atoms with Gasteiger partial charge >= 0.3 is 0 Å². The second-order valence-corrected chi connectivity index (χ2v) is 8.82. The van der Waals surface area contributed by atoms with E-state index in [-0.39, 0.29) is 10.8 Å². The molecule has 0 radical (unpaired) electrons. The Kier molecular flexibility index (Phi) is 6.14. The third kappa shape index (κ3) is 4.58. The van der Waals surface area contributed by atoms with Crippen LogP contribution in [0.25, 0.3) is 22.2 Å². The molecule has 0 aliphatic rings. The van der Waals surface area contributed by atoms with E-state index in [0.717, 1.165) is 0 Å². The van der Waals surface area contributed by atoms with E-state index in [4.69, 9.17) is 14.6 Å². The zero-order valence-corrected chi connectivity index (χ0v) is 18.7. The fourth-order valence-electron chi connectivity index (χ4n) is 3.57. The zero-order chi connectivity index (χ0) is 23.6. The molecular formula is C23H22N4O5S. The smallest absolute Gasteiger partial charge is 0.258 e. The highest BCUT2D eigenvalue weighted by Crippen LogP contribution is 2.35. The van der Waals surface area contributed by atoms with Gasteiger partial charge in [0.1, 0.15) is 11.4 Å². The average Bonchev–Trinajstić information content (AvgIpc) is 3.22. The maximum Gasteiger partial charge on any atom is 0.258 e. The summed E-state index contributed by atoms with van der Waals surface area (Å²) in [5.74, 6) is 0.0508. The molecule has 170 valence electrons. The lowest BCUT2D eigenvalue weighted by atomic mass is 10.1. The molecule has 4 aromatic rings. The summed E-state index contributed by atoms with van der Waals surface area (Å²) in [6.45, 7) is 0. The number of aromatic amines is 1. The number of primary sulfonamides is 1. The number of H-pyrrole nitrogens is 1. The Morgan fingerprint density at radius 1 is 1.06 bits per heavy atom. The molecular weight excluding hydrogens is 444 g/mol. The quantitative estimate of drug-likeness (QED) is 0.383. The number of hydrogen-bond acceptors (Lipinski definition) is 6. The molecule has 0 bridgehead atoms. The van der Waals surface area contributed by atoms with Crippen LogP contribution in [0.15, 0.2) is 71.6 Å². The van der Waals surface area contributed by atoms with E-state index in [2.05, 4.69) is 15.5 Å². The second-order valence-electron chi connectivity index (χ2n) is 7.26. The first kappa shape index (κ1) is 22.5. The number of nitrogens with two attached hydrogens (primary N) is 1. The van der Waals surface area contributed by atoms with Gasteiger partial charge < -0.3 is 14.8 Å². The van der Waals surface area contributed by atoms with Crippen LogP contribution >= 0.6 is 0 Å². The fraction of sp³-hybridized carbons (Fsp3) is 0.130. The maximum atomic E-state index is 13.0. The van der Waals surface area contributed by atoms with E-state index in [1.165, 1.54) is 26.4 Å². The summed E-state index contributed by atoms with van der Waals surface area (Å²) in [5, 5.41) is 16.0. The largest absolute Gasteiger partial charge is 0.494 e. The lowest BCUT2D eigenvalue weighted by Crippen LogP contribution is -2.22. The number of ether oxygens (including phenoxy) is 2. The normalized spacial score (nSPS) is 12.5. The monoisotopic (exact) mass is 466 g/mol. The van der Waals surface area contributed by atoms with Crippen molar-refractivity contribution in [1.82, 2.24) is 10.2 Å². The fourth-order valence-corrected chi connectivity index (χ4v) is 4.13. The van der Waals surface area contributed by atoms with E-state index in [1.54, 1.807) is 36.4 Å². The number of amides is 1. The second kappa shape index (κ2) is 9.02. The zero-order valence-electron chi connectivity index (χ0n) is 17.9. The van der Waals surface area contributed by atoms with Gasteiger partial charge in [0.2, 0.25) is 10.0 Å². The van der Waals surface area contributed by atoms with Crippen molar-refractivity contribution in [2.45, 2.75) is 11.0 Å². The molecule has 9 nitrogen and oxygen atoms in total. The number of anilines is 1. The molecule has 4 N–H and O–H groups in total. The molecule has 1 atom stereocenters. The predicted molar refractivity (Wildman–Crippen MR) is 124 cm³/mol. The van der Waals surface area contributed by atoms with Crippen molar-refractivity contribution in [2.75, 3.05) is 19.5 Å². The van der Waals surface area contributed by atoms with Crippen molar-refractivity contribution in [3.8, 4) is 17.0 Å². The van der Waals surface area contributed by atoms with Crippen LogP contribution in [0.4, 0.5) is 5.69 Å². The first-order valence-corrected chi connectivity index (χ1v) is 11.4. The highest BCUT2D eigenvalue weighted by atomic mass is 32.2. The van der Waals surface area contributed by atoms with E-state index in [0.29, 0.717) is 39.2 Å². The number of benzene rings is 3. The third-order valence-electron chi connectivity index (χ3n) is 5.15. The standard InChI is InChI=1S/C23H22N4O5S/c1-31-20-13-18-17(21(27-26-18)15-9-6-10-16(11-15)33(24,29)30)12-19(20)25-23(28)22(32-2)14-7-4-3-5-8-14/h3-13,22H,1-2H3,(H,25,28)(H,26,27)(H2,24,29,30)/t22-/m1/s1. The maximum absolute atomic E-state index is 13.0. The number of methoxy groups -OCH3 is 2. The molecule has 0 saturated heterocycles. The number of sulfonamides is 1. The number of carbonyl (C=O) groups is 1. The van der Waals surface area contributed by atoms with Gasteiger partial charge in [-0.25, -0.2) is 13.6 Å². The van der Waals surface area contributed by atoms with Gasteiger partial charge in [0.15, 0.2) is 6.10 Å². The summed E-state index contributed by atoms with van der Waals surface area (Å²) >= 11 is 0. The molecule has 3 aromatic carbocycles. The summed E-state index contributed by atoms with van der Waals surface area (Å²) in [4.78, 5) is 13.0. The molecule has 1 amide bonds. The minimum atomic E-state index is -3.87. The van der Waals surface area contributed by atoms with Crippen LogP contribution in [0.3, 0.4) is 0 Å². The molecule has 0 unspecified atom stereocenters. The van der Waals surface area contributed by atoms with Gasteiger partial charge in [-0.15, -0.1) is 0 Å². The minimum absolute atomic E-state index is 0.0241. The minimum Gasteiger partial charge on any atom is -0.494 e. The number of carbonyl (C=O) groups excluding carboxylic acids is 1. The number of hydrogen-bond donors (Lipinski definition) is 3. The van der Waals surface area contributed by atoms with Gasteiger partial charge in [0.05, 0.1) is 23.2 Å². The molecule has 0 spiro atoms. The Morgan fingerprint density at radius 2 is 1.82 bits per heavy atom. The Balaban J connectivity index is 1.75. The van der Waals surface area contributed by atoms with Crippen molar-refractivity contribution < 1.29 is 22.7 Å². The van der Waals surface area contributed by atoms with Crippen LogP contribution in [0.2, 0.25) is 0 Å². The summed E-state index contributed by atoms with van der Waals surface area (Å²) < 4.78 is 34.4. The van der Waals surface area contributed by atoms with Gasteiger partial charge in [-0.1, -0.05) is 42.5 Å². The number of rotatable bonds is 7. The van der Waals surface area contributed by atoms with Gasteiger partial charge in [0, 0.05) is 24.1 Å². The summed E-state index contributed by atoms with van der Waals surface area (Å²) in [6.07, 6.45) is -0.818. The summed E-state index contributed by atoms with van der Waals surface area (Å²) in [5.41, 5.74) is 2.82. The van der Waals surface area contributed by atoms with Crippen LogP contribution in [-0.4, -0.2) is 38.7 Å². The van der Waals surface area contributed by atoms with Gasteiger partial charge in [-0.3, -0.25) is 9.89 Å². The summed E-state index contributed by atoms with van der Waals surface area (Å²) in [7, 11) is -0.915. The molecule has 1 aromatic heterocycles. The van der Waals surface area contributed by atoms with Crippen LogP contribution in [0.5, 0.6) is 5.75 Å². The molecule has 0 saturated carbocycles. The van der Waals surface area contributed by atoms with E-state index < -0.39 is 16.1 Å². The molecule has 0 aliphatic heterocycles. The lowest BCUT2D eigenvalue weighted by Gasteiger charge is -2.17. The Labute approximate surface area is 190 Å². The summed E-state index contributed by atoms with van der Waals surface area (Å²) in [6, 6.07) is 18.7. The molecule has 1 heterocycles. The van der Waals surface area contributed by atoms with E-state index in [1.807, 2.05) is 18.2 Å². The first-order chi connectivity index (χ1) is 15.8. The molecule has 4 rings (SSSR count). The molecule has 0 aliphatic carbocycles. The average molecular weight is 467 g/mol. The van der Waals surface area contributed by atoms with E-state index >= 15 is 0 Å². The number of nitrogens with one attached hydrogen (secondary N) is 2. The van der Waals surface area contributed by atoms with E-state index in [9.17, 15) is 13.2 Å². The van der Waals surface area contributed by atoms with Crippen LogP contribution in [0.1, 0.15) is 11.7 Å². The number of aromatic nitrogens is 2. The lowest BCUT2D eigenvalue weighted by molar-refractivity contribution is -0.126.